The molecule has 0 aromatic rings. The van der Waals surface area contributed by atoms with Gasteiger partial charge in [0.1, 0.15) is 0 Å². The van der Waals surface area contributed by atoms with Gasteiger partial charge in [0, 0.05) is 37.7 Å². The Hall–Kier alpha value is 0.360. The number of aliphatic hydroxyl groups excluding tert-OH is 1. The lowest BCUT2D eigenvalue weighted by Crippen LogP contribution is -2.47. The van der Waals surface area contributed by atoms with Crippen LogP contribution in [0.2, 0.25) is 0 Å². The minimum absolute atomic E-state index is 0.283. The number of nitrogens with zero attached hydrogens (tertiary/aromatic N) is 1. The van der Waals surface area contributed by atoms with Crippen LogP contribution in [0.15, 0.2) is 0 Å². The first kappa shape index (κ1) is 14.8. The average Bonchev–Trinajstić information content (AvgIpc) is 2.93. The maximum Gasteiger partial charge on any atom is 0.0558 e. The van der Waals surface area contributed by atoms with Crippen molar-refractivity contribution >= 4 is 15.9 Å². The molecule has 0 amide bonds. The van der Waals surface area contributed by atoms with Crippen molar-refractivity contribution in [2.24, 2.45) is 5.41 Å². The molecule has 2 aliphatic rings. The monoisotopic (exact) mass is 319 g/mol. The van der Waals surface area contributed by atoms with Gasteiger partial charge in [-0.1, -0.05) is 28.8 Å². The second-order valence-electron chi connectivity index (χ2n) is 5.88. The third-order valence-corrected chi connectivity index (χ3v) is 5.79. The van der Waals surface area contributed by atoms with Gasteiger partial charge in [-0.2, -0.15) is 0 Å². The fourth-order valence-corrected chi connectivity index (χ4v) is 4.10. The lowest BCUT2D eigenvalue weighted by molar-refractivity contribution is -0.00226. The molecule has 0 bridgehead atoms. The van der Waals surface area contributed by atoms with Crippen LogP contribution < -0.4 is 0 Å². The summed E-state index contributed by atoms with van der Waals surface area (Å²) in [4.78, 5) is 2.54. The van der Waals surface area contributed by atoms with Gasteiger partial charge in [-0.05, 0) is 31.1 Å². The fraction of sp³-hybridized carbons (Fsp3) is 1.00. The lowest BCUT2D eigenvalue weighted by atomic mass is 9.81. The first-order valence-corrected chi connectivity index (χ1v) is 8.40. The van der Waals surface area contributed by atoms with E-state index in [1.807, 2.05) is 0 Å². The number of ether oxygens (including phenoxy) is 1. The fourth-order valence-electron chi connectivity index (χ4n) is 3.36. The second kappa shape index (κ2) is 7.22. The number of hydrogen-bond acceptors (Lipinski definition) is 3. The standard InChI is InChI=1S/C14H26BrNO2/c15-11-14(5-9-18-10-6-14)12-16(7-8-17)13-3-1-2-4-13/h13,17H,1-12H2. The molecule has 1 saturated heterocycles. The van der Waals surface area contributed by atoms with Gasteiger partial charge in [0.25, 0.3) is 0 Å². The molecular weight excluding hydrogens is 294 g/mol. The summed E-state index contributed by atoms with van der Waals surface area (Å²) >= 11 is 3.71. The number of rotatable bonds is 6. The van der Waals surface area contributed by atoms with Gasteiger partial charge in [0.15, 0.2) is 0 Å². The van der Waals surface area contributed by atoms with Crippen LogP contribution in [0.3, 0.4) is 0 Å². The van der Waals surface area contributed by atoms with Gasteiger partial charge in [-0.3, -0.25) is 4.90 Å². The van der Waals surface area contributed by atoms with E-state index in [9.17, 15) is 5.11 Å². The summed E-state index contributed by atoms with van der Waals surface area (Å²) < 4.78 is 5.50. The Balaban J connectivity index is 1.96. The Morgan fingerprint density at radius 2 is 1.89 bits per heavy atom. The average molecular weight is 320 g/mol. The summed E-state index contributed by atoms with van der Waals surface area (Å²) in [5, 5.41) is 10.4. The first-order valence-electron chi connectivity index (χ1n) is 7.28. The minimum Gasteiger partial charge on any atom is -0.395 e. The van der Waals surface area contributed by atoms with Crippen molar-refractivity contribution in [3.05, 3.63) is 0 Å². The lowest BCUT2D eigenvalue weighted by Gasteiger charge is -2.42. The SMILES string of the molecule is OCCN(CC1(CBr)CCOCC1)C1CCCC1. The molecule has 0 spiro atoms. The summed E-state index contributed by atoms with van der Waals surface area (Å²) in [6.45, 7) is 4.02. The molecule has 3 nitrogen and oxygen atoms in total. The third kappa shape index (κ3) is 3.69. The van der Waals surface area contributed by atoms with E-state index in [4.69, 9.17) is 4.74 Å². The van der Waals surface area contributed by atoms with Gasteiger partial charge in [0.2, 0.25) is 0 Å². The Morgan fingerprint density at radius 3 is 2.44 bits per heavy atom. The first-order chi connectivity index (χ1) is 8.79. The van der Waals surface area contributed by atoms with Crippen molar-refractivity contribution in [1.82, 2.24) is 4.90 Å². The minimum atomic E-state index is 0.283. The molecule has 18 heavy (non-hydrogen) atoms. The summed E-state index contributed by atoms with van der Waals surface area (Å²) in [6, 6.07) is 0.705. The zero-order valence-corrected chi connectivity index (χ0v) is 12.8. The van der Waals surface area contributed by atoms with Gasteiger partial charge in [0.05, 0.1) is 6.61 Å². The molecule has 106 valence electrons. The van der Waals surface area contributed by atoms with Crippen LogP contribution >= 0.6 is 15.9 Å². The van der Waals surface area contributed by atoms with Crippen molar-refractivity contribution in [3.8, 4) is 0 Å². The Bertz CT molecular complexity index is 238. The van der Waals surface area contributed by atoms with Crippen molar-refractivity contribution in [2.75, 3.05) is 38.2 Å². The normalized spacial score (nSPS) is 24.8. The molecule has 4 heteroatoms. The Morgan fingerprint density at radius 1 is 1.22 bits per heavy atom. The molecule has 1 aliphatic heterocycles. The highest BCUT2D eigenvalue weighted by atomic mass is 79.9. The highest BCUT2D eigenvalue weighted by molar-refractivity contribution is 9.09. The van der Waals surface area contributed by atoms with Crippen LogP contribution in [0.5, 0.6) is 0 Å². The highest BCUT2D eigenvalue weighted by Gasteiger charge is 2.35. The zero-order valence-electron chi connectivity index (χ0n) is 11.2. The Kier molecular flexibility index (Phi) is 5.93. The van der Waals surface area contributed by atoms with E-state index < -0.39 is 0 Å². The zero-order chi connectivity index (χ0) is 12.8. The summed E-state index contributed by atoms with van der Waals surface area (Å²) in [7, 11) is 0. The molecule has 1 aliphatic carbocycles. The molecular formula is C14H26BrNO2. The molecule has 2 fully saturated rings. The second-order valence-corrected chi connectivity index (χ2v) is 6.44. The van der Waals surface area contributed by atoms with Crippen molar-refractivity contribution in [3.63, 3.8) is 0 Å². The van der Waals surface area contributed by atoms with E-state index in [-0.39, 0.29) is 6.61 Å². The van der Waals surface area contributed by atoms with Crippen LogP contribution in [0, 0.1) is 5.41 Å². The van der Waals surface area contributed by atoms with Gasteiger partial charge >= 0.3 is 0 Å². The van der Waals surface area contributed by atoms with E-state index in [1.165, 1.54) is 25.7 Å². The molecule has 0 atom stereocenters. The molecule has 1 N–H and O–H groups in total. The van der Waals surface area contributed by atoms with Crippen LogP contribution in [-0.2, 0) is 4.74 Å². The number of alkyl halides is 1. The van der Waals surface area contributed by atoms with Crippen LogP contribution in [-0.4, -0.2) is 54.3 Å². The van der Waals surface area contributed by atoms with E-state index in [2.05, 4.69) is 20.8 Å². The maximum atomic E-state index is 9.31. The highest BCUT2D eigenvalue weighted by Crippen LogP contribution is 2.35. The summed E-state index contributed by atoms with van der Waals surface area (Å²) in [5.74, 6) is 0. The van der Waals surface area contributed by atoms with Gasteiger partial charge in [-0.15, -0.1) is 0 Å². The molecule has 1 saturated carbocycles. The quantitative estimate of drug-likeness (QED) is 0.763. The number of hydrogen-bond donors (Lipinski definition) is 1. The van der Waals surface area contributed by atoms with Crippen LogP contribution in [0.1, 0.15) is 38.5 Å². The number of aliphatic hydroxyl groups is 1. The van der Waals surface area contributed by atoms with Gasteiger partial charge < -0.3 is 9.84 Å². The molecule has 0 aromatic carbocycles. The maximum absolute atomic E-state index is 9.31. The number of halogens is 1. The van der Waals surface area contributed by atoms with Crippen molar-refractivity contribution in [2.45, 2.75) is 44.6 Å². The van der Waals surface area contributed by atoms with Crippen molar-refractivity contribution in [1.29, 1.82) is 0 Å². The summed E-state index contributed by atoms with van der Waals surface area (Å²) in [6.07, 6.45) is 7.64. The predicted octanol–water partition coefficient (Wildman–Crippen LogP) is 2.42. The Labute approximate surface area is 119 Å². The van der Waals surface area contributed by atoms with E-state index in [0.29, 0.717) is 11.5 Å². The molecule has 0 aromatic heterocycles. The van der Waals surface area contributed by atoms with Crippen LogP contribution in [0.25, 0.3) is 0 Å². The van der Waals surface area contributed by atoms with Gasteiger partial charge in [-0.25, -0.2) is 0 Å². The topological polar surface area (TPSA) is 32.7 Å². The third-order valence-electron chi connectivity index (χ3n) is 4.60. The molecule has 1 heterocycles. The molecule has 0 unspecified atom stereocenters. The van der Waals surface area contributed by atoms with E-state index in [0.717, 1.165) is 44.5 Å². The summed E-state index contributed by atoms with van der Waals surface area (Å²) in [5.41, 5.74) is 0.357. The van der Waals surface area contributed by atoms with Crippen LogP contribution in [0.4, 0.5) is 0 Å². The molecule has 2 rings (SSSR count). The van der Waals surface area contributed by atoms with E-state index >= 15 is 0 Å². The molecule has 0 radical (unpaired) electrons. The van der Waals surface area contributed by atoms with Crippen molar-refractivity contribution < 1.29 is 9.84 Å². The largest absolute Gasteiger partial charge is 0.395 e. The smallest absolute Gasteiger partial charge is 0.0558 e. The predicted molar refractivity (Wildman–Crippen MR) is 77.2 cm³/mol. The van der Waals surface area contributed by atoms with E-state index in [1.54, 1.807) is 0 Å².